The normalized spacial score (nSPS) is 11.3. The lowest BCUT2D eigenvalue weighted by molar-refractivity contribution is 0.416. The van der Waals surface area contributed by atoms with Gasteiger partial charge in [-0.15, -0.1) is 0 Å². The molecule has 24 heavy (non-hydrogen) atoms. The maximum Gasteiger partial charge on any atom is 0.148 e. The monoisotopic (exact) mass is 321 g/mol. The quantitative estimate of drug-likeness (QED) is 0.649. The number of aromatic nitrogens is 1. The Labute approximate surface area is 141 Å². The average molecular weight is 321 g/mol. The summed E-state index contributed by atoms with van der Waals surface area (Å²) in [5.74, 6) is 0.595. The standard InChI is InChI=1S/C21H20FNO/c1-4-5-17-10-14(2)21(24-3)20-19(17)12-16(13-23-20)11-15-6-8-18(22)9-7-15/h4-10,12-13H,11H2,1-3H3/b5-4+. The summed E-state index contributed by atoms with van der Waals surface area (Å²) in [6, 6.07) is 10.8. The highest BCUT2D eigenvalue weighted by atomic mass is 19.1. The number of allylic oxidation sites excluding steroid dienone is 1. The van der Waals surface area contributed by atoms with Crippen LogP contribution in [0, 0.1) is 12.7 Å². The van der Waals surface area contributed by atoms with Crippen molar-refractivity contribution in [2.45, 2.75) is 20.3 Å². The van der Waals surface area contributed by atoms with Gasteiger partial charge >= 0.3 is 0 Å². The van der Waals surface area contributed by atoms with Crippen LogP contribution in [0.1, 0.15) is 29.2 Å². The molecule has 0 bridgehead atoms. The van der Waals surface area contributed by atoms with Gasteiger partial charge in [-0.3, -0.25) is 4.98 Å². The highest BCUT2D eigenvalue weighted by molar-refractivity contribution is 5.93. The van der Waals surface area contributed by atoms with Crippen molar-refractivity contribution in [1.82, 2.24) is 4.98 Å². The Kier molecular flexibility index (Phi) is 4.61. The zero-order chi connectivity index (χ0) is 17.1. The van der Waals surface area contributed by atoms with Crippen LogP contribution < -0.4 is 4.74 Å². The third-order valence-corrected chi connectivity index (χ3v) is 4.07. The molecule has 1 heterocycles. The number of hydrogen-bond donors (Lipinski definition) is 0. The number of methoxy groups -OCH3 is 1. The van der Waals surface area contributed by atoms with E-state index in [1.54, 1.807) is 7.11 Å². The molecular weight excluding hydrogens is 301 g/mol. The van der Waals surface area contributed by atoms with E-state index in [1.165, 1.54) is 12.1 Å². The van der Waals surface area contributed by atoms with Crippen molar-refractivity contribution in [3.05, 3.63) is 76.7 Å². The van der Waals surface area contributed by atoms with Gasteiger partial charge in [-0.25, -0.2) is 4.39 Å². The molecule has 0 saturated carbocycles. The first kappa shape index (κ1) is 16.2. The SMILES string of the molecule is C/C=C/c1cc(C)c(OC)c2ncc(Cc3ccc(F)cc3)cc12. The van der Waals surface area contributed by atoms with E-state index in [2.05, 4.69) is 23.2 Å². The Morgan fingerprint density at radius 1 is 1.12 bits per heavy atom. The van der Waals surface area contributed by atoms with Crippen molar-refractivity contribution >= 4 is 17.0 Å². The van der Waals surface area contributed by atoms with Gasteiger partial charge in [0.05, 0.1) is 7.11 Å². The third kappa shape index (κ3) is 3.16. The van der Waals surface area contributed by atoms with Crippen molar-refractivity contribution in [3.8, 4) is 5.75 Å². The summed E-state index contributed by atoms with van der Waals surface area (Å²) in [5.41, 5.74) is 5.21. The molecule has 0 aliphatic heterocycles. The molecule has 1 aromatic heterocycles. The van der Waals surface area contributed by atoms with Crippen LogP contribution >= 0.6 is 0 Å². The van der Waals surface area contributed by atoms with Crippen LogP contribution in [-0.4, -0.2) is 12.1 Å². The van der Waals surface area contributed by atoms with Crippen molar-refractivity contribution in [2.75, 3.05) is 7.11 Å². The summed E-state index contributed by atoms with van der Waals surface area (Å²) in [7, 11) is 1.67. The molecule has 0 aliphatic rings. The van der Waals surface area contributed by atoms with Gasteiger partial charge in [0.25, 0.3) is 0 Å². The fraction of sp³-hybridized carbons (Fsp3) is 0.190. The van der Waals surface area contributed by atoms with Crippen LogP contribution in [-0.2, 0) is 6.42 Å². The lowest BCUT2D eigenvalue weighted by Crippen LogP contribution is -1.96. The molecule has 2 nitrogen and oxygen atoms in total. The molecule has 0 saturated heterocycles. The van der Waals surface area contributed by atoms with E-state index in [0.717, 1.165) is 38.9 Å². The maximum atomic E-state index is 13.1. The minimum atomic E-state index is -0.217. The Morgan fingerprint density at radius 2 is 1.88 bits per heavy atom. The minimum absolute atomic E-state index is 0.217. The lowest BCUT2D eigenvalue weighted by Gasteiger charge is -2.12. The molecule has 3 heteroatoms. The van der Waals surface area contributed by atoms with Crippen molar-refractivity contribution < 1.29 is 9.13 Å². The van der Waals surface area contributed by atoms with Crippen molar-refractivity contribution in [3.63, 3.8) is 0 Å². The lowest BCUT2D eigenvalue weighted by atomic mass is 9.99. The predicted octanol–water partition coefficient (Wildman–Crippen LogP) is 5.31. The minimum Gasteiger partial charge on any atom is -0.494 e. The first-order valence-electron chi connectivity index (χ1n) is 7.95. The van der Waals surface area contributed by atoms with Crippen molar-refractivity contribution in [1.29, 1.82) is 0 Å². The van der Waals surface area contributed by atoms with Gasteiger partial charge in [-0.05, 0) is 66.8 Å². The predicted molar refractivity (Wildman–Crippen MR) is 96.9 cm³/mol. The summed E-state index contributed by atoms with van der Waals surface area (Å²) in [6.45, 7) is 4.03. The number of aryl methyl sites for hydroxylation is 1. The first-order chi connectivity index (χ1) is 11.6. The van der Waals surface area contributed by atoms with E-state index in [9.17, 15) is 4.39 Å². The molecule has 3 rings (SSSR count). The molecule has 0 atom stereocenters. The molecule has 0 fully saturated rings. The van der Waals surface area contributed by atoms with Crippen molar-refractivity contribution in [2.24, 2.45) is 0 Å². The van der Waals surface area contributed by atoms with Crippen LogP contribution in [0.3, 0.4) is 0 Å². The Morgan fingerprint density at radius 3 is 2.54 bits per heavy atom. The fourth-order valence-electron chi connectivity index (χ4n) is 2.98. The van der Waals surface area contributed by atoms with Crippen LogP contribution in [0.4, 0.5) is 4.39 Å². The van der Waals surface area contributed by atoms with E-state index >= 15 is 0 Å². The smallest absolute Gasteiger partial charge is 0.148 e. The number of nitrogens with zero attached hydrogens (tertiary/aromatic N) is 1. The number of halogens is 1. The average Bonchev–Trinajstić information content (AvgIpc) is 2.58. The van der Waals surface area contributed by atoms with Gasteiger partial charge in [0.15, 0.2) is 0 Å². The van der Waals surface area contributed by atoms with Crippen LogP contribution in [0.25, 0.3) is 17.0 Å². The fourth-order valence-corrected chi connectivity index (χ4v) is 2.98. The van der Waals surface area contributed by atoms with Gasteiger partial charge < -0.3 is 4.74 Å². The van der Waals surface area contributed by atoms with E-state index < -0.39 is 0 Å². The van der Waals surface area contributed by atoms with Gasteiger partial charge in [0.2, 0.25) is 0 Å². The molecule has 0 radical (unpaired) electrons. The maximum absolute atomic E-state index is 13.1. The highest BCUT2D eigenvalue weighted by Crippen LogP contribution is 2.32. The second-order valence-electron chi connectivity index (χ2n) is 5.86. The van der Waals surface area contributed by atoms with Crippen LogP contribution in [0.15, 0.2) is 48.7 Å². The molecule has 0 spiro atoms. The summed E-state index contributed by atoms with van der Waals surface area (Å²) in [6.07, 6.45) is 6.69. The van der Waals surface area contributed by atoms with E-state index in [4.69, 9.17) is 4.74 Å². The van der Waals surface area contributed by atoms with Crippen LogP contribution in [0.5, 0.6) is 5.75 Å². The molecular formula is C21H20FNO. The summed E-state index contributed by atoms with van der Waals surface area (Å²) < 4.78 is 18.6. The molecule has 0 unspecified atom stereocenters. The number of benzene rings is 2. The van der Waals surface area contributed by atoms with Gasteiger partial charge in [0.1, 0.15) is 17.1 Å². The van der Waals surface area contributed by atoms with Crippen LogP contribution in [0.2, 0.25) is 0 Å². The van der Waals surface area contributed by atoms with Gasteiger partial charge in [0, 0.05) is 11.6 Å². The second-order valence-corrected chi connectivity index (χ2v) is 5.86. The molecule has 2 aromatic carbocycles. The Balaban J connectivity index is 2.10. The molecule has 0 N–H and O–H groups in total. The number of pyridine rings is 1. The first-order valence-corrected chi connectivity index (χ1v) is 7.95. The number of rotatable bonds is 4. The number of ether oxygens (including phenoxy) is 1. The summed E-state index contributed by atoms with van der Waals surface area (Å²) >= 11 is 0. The molecule has 122 valence electrons. The largest absolute Gasteiger partial charge is 0.494 e. The second kappa shape index (κ2) is 6.83. The molecule has 0 aliphatic carbocycles. The zero-order valence-electron chi connectivity index (χ0n) is 14.1. The third-order valence-electron chi connectivity index (χ3n) is 4.07. The Bertz CT molecular complexity index is 898. The highest BCUT2D eigenvalue weighted by Gasteiger charge is 2.11. The zero-order valence-corrected chi connectivity index (χ0v) is 14.1. The topological polar surface area (TPSA) is 22.1 Å². The number of hydrogen-bond acceptors (Lipinski definition) is 2. The van der Waals surface area contributed by atoms with E-state index in [1.807, 2.05) is 38.3 Å². The van der Waals surface area contributed by atoms with Gasteiger partial charge in [-0.2, -0.15) is 0 Å². The van der Waals surface area contributed by atoms with Gasteiger partial charge in [-0.1, -0.05) is 24.3 Å². The molecule has 0 amide bonds. The Hall–Kier alpha value is -2.68. The summed E-state index contributed by atoms with van der Waals surface area (Å²) in [4.78, 5) is 4.64. The summed E-state index contributed by atoms with van der Waals surface area (Å²) in [5, 5.41) is 1.06. The molecule has 3 aromatic rings. The van der Waals surface area contributed by atoms with E-state index in [0.29, 0.717) is 6.42 Å². The number of fused-ring (bicyclic) bond motifs is 1. The van der Waals surface area contributed by atoms with E-state index in [-0.39, 0.29) is 5.82 Å².